The van der Waals surface area contributed by atoms with Crippen LogP contribution in [0.1, 0.15) is 35.2 Å². The van der Waals surface area contributed by atoms with Crippen molar-refractivity contribution in [3.63, 3.8) is 0 Å². The van der Waals surface area contributed by atoms with Gasteiger partial charge in [0.1, 0.15) is 4.90 Å². The number of sulfonamides is 1. The van der Waals surface area contributed by atoms with Crippen LogP contribution in [0.4, 0.5) is 11.4 Å². The highest BCUT2D eigenvalue weighted by atomic mass is 35.5. The highest BCUT2D eigenvalue weighted by Crippen LogP contribution is 2.29. The molecule has 2 aliphatic rings. The zero-order chi connectivity index (χ0) is 23.6. The average molecular weight is 491 g/mol. The number of hydrogen-bond acceptors (Lipinski definition) is 5. The topological polar surface area (TPSA) is 73.0 Å². The summed E-state index contributed by atoms with van der Waals surface area (Å²) >= 11 is 6.25. The van der Waals surface area contributed by atoms with Crippen molar-refractivity contribution in [3.8, 4) is 0 Å². The Balaban J connectivity index is 1.51. The fraction of sp³-hybridized carbons (Fsp3) is 0.458. The maximum Gasteiger partial charge on any atom is 0.255 e. The Bertz CT molecular complexity index is 1120. The predicted octanol–water partition coefficient (Wildman–Crippen LogP) is 3.83. The lowest BCUT2D eigenvalue weighted by Gasteiger charge is -2.34. The van der Waals surface area contributed by atoms with Gasteiger partial charge in [-0.2, -0.15) is 4.31 Å². The quantitative estimate of drug-likeness (QED) is 0.689. The molecule has 1 amide bonds. The first-order valence-corrected chi connectivity index (χ1v) is 13.2. The molecule has 0 unspecified atom stereocenters. The van der Waals surface area contributed by atoms with Crippen LogP contribution in [-0.4, -0.2) is 69.8 Å². The van der Waals surface area contributed by atoms with Crippen molar-refractivity contribution in [1.29, 1.82) is 0 Å². The summed E-state index contributed by atoms with van der Waals surface area (Å²) < 4.78 is 27.7. The maximum atomic E-state index is 13.1. The van der Waals surface area contributed by atoms with E-state index in [0.29, 0.717) is 18.8 Å². The molecule has 1 N–H and O–H groups in total. The van der Waals surface area contributed by atoms with E-state index >= 15 is 0 Å². The van der Waals surface area contributed by atoms with Crippen LogP contribution >= 0.6 is 11.6 Å². The Morgan fingerprint density at radius 2 is 1.64 bits per heavy atom. The van der Waals surface area contributed by atoms with E-state index in [1.165, 1.54) is 16.4 Å². The molecule has 0 atom stereocenters. The van der Waals surface area contributed by atoms with Crippen molar-refractivity contribution in [1.82, 2.24) is 9.21 Å². The van der Waals surface area contributed by atoms with Gasteiger partial charge in [0.2, 0.25) is 10.0 Å². The Hall–Kier alpha value is -2.13. The molecule has 0 aliphatic carbocycles. The van der Waals surface area contributed by atoms with Crippen LogP contribution in [0.2, 0.25) is 5.02 Å². The zero-order valence-corrected chi connectivity index (χ0v) is 20.8. The molecule has 4 rings (SSSR count). The van der Waals surface area contributed by atoms with Gasteiger partial charge >= 0.3 is 0 Å². The molecule has 0 spiro atoms. The molecule has 178 valence electrons. The van der Waals surface area contributed by atoms with Gasteiger partial charge in [0.15, 0.2) is 0 Å². The molecule has 7 nitrogen and oxygen atoms in total. The van der Waals surface area contributed by atoms with E-state index in [1.807, 2.05) is 19.1 Å². The van der Waals surface area contributed by atoms with Gasteiger partial charge in [-0.05, 0) is 68.8 Å². The number of benzene rings is 2. The minimum absolute atomic E-state index is 0.0131. The summed E-state index contributed by atoms with van der Waals surface area (Å²) in [4.78, 5) is 17.6. The summed E-state index contributed by atoms with van der Waals surface area (Å²) in [6.45, 7) is 6.92. The molecule has 2 aromatic carbocycles. The van der Waals surface area contributed by atoms with Crippen LogP contribution in [-0.2, 0) is 10.0 Å². The van der Waals surface area contributed by atoms with Crippen LogP contribution in [0, 0.1) is 6.92 Å². The summed E-state index contributed by atoms with van der Waals surface area (Å²) in [6, 6.07) is 10.4. The average Bonchev–Trinajstić information content (AvgIpc) is 2.81. The SMILES string of the molecule is Cc1cc(N2CCN(C)CC2)ccc1NC(=O)c1ccc(Cl)c(S(=O)(=O)N2CCCCC2)c1. The van der Waals surface area contributed by atoms with Crippen LogP contribution < -0.4 is 10.2 Å². The van der Waals surface area contributed by atoms with Gasteiger partial charge in [-0.1, -0.05) is 18.0 Å². The lowest BCUT2D eigenvalue weighted by atomic mass is 10.1. The van der Waals surface area contributed by atoms with Crippen LogP contribution in [0.15, 0.2) is 41.3 Å². The normalized spacial score (nSPS) is 18.3. The second-order valence-corrected chi connectivity index (χ2v) is 11.2. The van der Waals surface area contributed by atoms with Gasteiger partial charge in [0, 0.05) is 56.2 Å². The van der Waals surface area contributed by atoms with E-state index < -0.39 is 10.0 Å². The monoisotopic (exact) mass is 490 g/mol. The lowest BCUT2D eigenvalue weighted by molar-refractivity contribution is 0.102. The molecule has 0 bridgehead atoms. The Kier molecular flexibility index (Phi) is 7.28. The standard InChI is InChI=1S/C24H31ClN4O3S/c1-18-16-20(28-14-12-27(2)13-15-28)7-9-22(18)26-24(30)19-6-8-21(25)23(17-19)33(31,32)29-10-4-3-5-11-29/h6-9,16-17H,3-5,10-15H2,1-2H3,(H,26,30). The molecule has 0 aromatic heterocycles. The summed E-state index contributed by atoms with van der Waals surface area (Å²) in [5.41, 5.74) is 3.06. The third-order valence-corrected chi connectivity index (χ3v) is 8.83. The Morgan fingerprint density at radius 1 is 0.939 bits per heavy atom. The van der Waals surface area contributed by atoms with Gasteiger partial charge in [0.25, 0.3) is 5.91 Å². The number of aryl methyl sites for hydroxylation is 1. The second kappa shape index (κ2) is 10.0. The Morgan fingerprint density at radius 3 is 2.30 bits per heavy atom. The number of carbonyl (C=O) groups is 1. The summed E-state index contributed by atoms with van der Waals surface area (Å²) in [7, 11) is -1.61. The molecular weight excluding hydrogens is 460 g/mol. The smallest absolute Gasteiger partial charge is 0.255 e. The lowest BCUT2D eigenvalue weighted by Crippen LogP contribution is -2.44. The number of halogens is 1. The highest BCUT2D eigenvalue weighted by Gasteiger charge is 2.29. The molecule has 2 aliphatic heterocycles. The molecule has 2 aromatic rings. The van der Waals surface area contributed by atoms with Gasteiger partial charge in [-0.3, -0.25) is 4.79 Å². The molecular formula is C24H31ClN4O3S. The van der Waals surface area contributed by atoms with E-state index in [1.54, 1.807) is 6.07 Å². The number of anilines is 2. The molecule has 2 heterocycles. The third kappa shape index (κ3) is 5.35. The van der Waals surface area contributed by atoms with Crippen molar-refractivity contribution in [2.75, 3.05) is 56.5 Å². The van der Waals surface area contributed by atoms with E-state index in [-0.39, 0.29) is 21.4 Å². The highest BCUT2D eigenvalue weighted by molar-refractivity contribution is 7.89. The molecule has 2 fully saturated rings. The fourth-order valence-electron chi connectivity index (χ4n) is 4.33. The largest absolute Gasteiger partial charge is 0.369 e. The molecule has 9 heteroatoms. The molecule has 0 saturated carbocycles. The Labute approximate surface area is 201 Å². The van der Waals surface area contributed by atoms with E-state index in [0.717, 1.165) is 56.7 Å². The molecule has 33 heavy (non-hydrogen) atoms. The fourth-order valence-corrected chi connectivity index (χ4v) is 6.35. The van der Waals surface area contributed by atoms with E-state index in [2.05, 4.69) is 28.2 Å². The maximum absolute atomic E-state index is 13.1. The van der Waals surface area contributed by atoms with Crippen molar-refractivity contribution >= 4 is 38.9 Å². The zero-order valence-electron chi connectivity index (χ0n) is 19.2. The van der Waals surface area contributed by atoms with Crippen molar-refractivity contribution in [2.45, 2.75) is 31.1 Å². The second-order valence-electron chi connectivity index (χ2n) is 8.85. The minimum atomic E-state index is -3.74. The van der Waals surface area contributed by atoms with Crippen LogP contribution in [0.5, 0.6) is 0 Å². The molecule has 0 radical (unpaired) electrons. The van der Waals surface area contributed by atoms with Crippen LogP contribution in [0.25, 0.3) is 0 Å². The van der Waals surface area contributed by atoms with Gasteiger partial charge in [-0.25, -0.2) is 8.42 Å². The van der Waals surface area contributed by atoms with Gasteiger partial charge in [0.05, 0.1) is 5.02 Å². The van der Waals surface area contributed by atoms with Gasteiger partial charge < -0.3 is 15.1 Å². The molecule has 2 saturated heterocycles. The summed E-state index contributed by atoms with van der Waals surface area (Å²) in [5, 5.41) is 3.05. The minimum Gasteiger partial charge on any atom is -0.369 e. The number of likely N-dealkylation sites (N-methyl/N-ethyl adjacent to an activating group) is 1. The number of carbonyl (C=O) groups excluding carboxylic acids is 1. The van der Waals surface area contributed by atoms with E-state index in [9.17, 15) is 13.2 Å². The van der Waals surface area contributed by atoms with E-state index in [4.69, 9.17) is 11.6 Å². The summed E-state index contributed by atoms with van der Waals surface area (Å²) in [6.07, 6.45) is 2.69. The first-order valence-electron chi connectivity index (χ1n) is 11.4. The number of nitrogens with one attached hydrogen (secondary N) is 1. The van der Waals surface area contributed by atoms with Crippen molar-refractivity contribution in [3.05, 3.63) is 52.5 Å². The number of piperidine rings is 1. The number of nitrogens with zero attached hydrogens (tertiary/aromatic N) is 3. The first kappa shape index (κ1) is 24.0. The number of amides is 1. The first-order chi connectivity index (χ1) is 15.8. The van der Waals surface area contributed by atoms with Crippen LogP contribution in [0.3, 0.4) is 0 Å². The van der Waals surface area contributed by atoms with Crippen molar-refractivity contribution < 1.29 is 13.2 Å². The number of piperazine rings is 1. The predicted molar refractivity (Wildman–Crippen MR) is 133 cm³/mol. The van der Waals surface area contributed by atoms with Gasteiger partial charge in [-0.15, -0.1) is 0 Å². The number of hydrogen-bond donors (Lipinski definition) is 1. The third-order valence-electron chi connectivity index (χ3n) is 6.45. The van der Waals surface area contributed by atoms with Crippen molar-refractivity contribution in [2.24, 2.45) is 0 Å². The summed E-state index contributed by atoms with van der Waals surface area (Å²) in [5.74, 6) is -0.364. The number of rotatable bonds is 5.